The number of methoxy groups -OCH3 is 1. The van der Waals surface area contributed by atoms with Crippen molar-refractivity contribution in [2.45, 2.75) is 12.5 Å². The van der Waals surface area contributed by atoms with Crippen LogP contribution in [0, 0.1) is 5.82 Å². The van der Waals surface area contributed by atoms with Gasteiger partial charge >= 0.3 is 0 Å². The highest BCUT2D eigenvalue weighted by Crippen LogP contribution is 2.30. The third kappa shape index (κ3) is 3.88. The molecule has 2 aromatic rings. The Bertz CT molecular complexity index is 634. The Balaban J connectivity index is 2.29. The number of halogens is 3. The molecule has 1 atom stereocenters. The normalized spacial score (nSPS) is 12.2. The van der Waals surface area contributed by atoms with Gasteiger partial charge in [0.15, 0.2) is 0 Å². The summed E-state index contributed by atoms with van der Waals surface area (Å²) in [5.41, 5.74) is 1.93. The summed E-state index contributed by atoms with van der Waals surface area (Å²) < 4.78 is 18.6. The van der Waals surface area contributed by atoms with Gasteiger partial charge in [-0.15, -0.1) is 0 Å². The molecule has 0 fully saturated rings. The van der Waals surface area contributed by atoms with E-state index in [1.807, 2.05) is 19.2 Å². The molecule has 112 valence electrons. The van der Waals surface area contributed by atoms with Crippen LogP contribution in [0.4, 0.5) is 4.39 Å². The second kappa shape index (κ2) is 7.12. The van der Waals surface area contributed by atoms with E-state index in [2.05, 4.69) is 5.32 Å². The molecular weight excluding hydrogens is 312 g/mol. The first-order chi connectivity index (χ1) is 10.0. The molecule has 1 N–H and O–H groups in total. The van der Waals surface area contributed by atoms with Gasteiger partial charge in [-0.2, -0.15) is 0 Å². The van der Waals surface area contributed by atoms with E-state index in [0.29, 0.717) is 11.4 Å². The summed E-state index contributed by atoms with van der Waals surface area (Å²) in [5.74, 6) is 0.306. The summed E-state index contributed by atoms with van der Waals surface area (Å²) in [4.78, 5) is 0. The van der Waals surface area contributed by atoms with Crippen LogP contribution >= 0.6 is 23.2 Å². The molecule has 0 amide bonds. The Kier molecular flexibility index (Phi) is 5.45. The lowest BCUT2D eigenvalue weighted by Crippen LogP contribution is -2.19. The van der Waals surface area contributed by atoms with Crippen LogP contribution in [0.5, 0.6) is 5.75 Å². The van der Waals surface area contributed by atoms with E-state index < -0.39 is 5.82 Å². The van der Waals surface area contributed by atoms with Gasteiger partial charge in [0, 0.05) is 16.6 Å². The van der Waals surface area contributed by atoms with Crippen LogP contribution in [0.3, 0.4) is 0 Å². The topological polar surface area (TPSA) is 21.3 Å². The maximum Gasteiger partial charge on any atom is 0.141 e. The molecule has 0 saturated heterocycles. The van der Waals surface area contributed by atoms with Crippen molar-refractivity contribution in [2.24, 2.45) is 0 Å². The SMILES string of the molecule is CNC(Cc1ccc(F)c(Cl)c1)c1ccc(Cl)cc1OC. The summed E-state index contributed by atoms with van der Waals surface area (Å²) in [6.07, 6.45) is 0.661. The maximum absolute atomic E-state index is 13.2. The Labute approximate surface area is 133 Å². The maximum atomic E-state index is 13.2. The Morgan fingerprint density at radius 3 is 2.57 bits per heavy atom. The molecule has 21 heavy (non-hydrogen) atoms. The van der Waals surface area contributed by atoms with E-state index in [1.54, 1.807) is 25.3 Å². The lowest BCUT2D eigenvalue weighted by atomic mass is 9.98. The molecule has 0 bridgehead atoms. The van der Waals surface area contributed by atoms with Crippen molar-refractivity contribution in [3.8, 4) is 5.75 Å². The quantitative estimate of drug-likeness (QED) is 0.863. The molecule has 0 radical (unpaired) electrons. The smallest absolute Gasteiger partial charge is 0.141 e. The molecule has 2 nitrogen and oxygen atoms in total. The predicted molar refractivity (Wildman–Crippen MR) is 84.9 cm³/mol. The third-order valence-corrected chi connectivity index (χ3v) is 3.87. The van der Waals surface area contributed by atoms with Crippen LogP contribution in [0.2, 0.25) is 10.0 Å². The Hall–Kier alpha value is -1.29. The second-order valence-corrected chi connectivity index (χ2v) is 5.52. The van der Waals surface area contributed by atoms with Gasteiger partial charge in [-0.1, -0.05) is 35.3 Å². The van der Waals surface area contributed by atoms with Gasteiger partial charge in [-0.25, -0.2) is 4.39 Å². The first-order valence-corrected chi connectivity index (χ1v) is 7.25. The third-order valence-electron chi connectivity index (χ3n) is 3.34. The van der Waals surface area contributed by atoms with Gasteiger partial charge in [0.2, 0.25) is 0 Å². The summed E-state index contributed by atoms with van der Waals surface area (Å²) in [5, 5.41) is 3.99. The van der Waals surface area contributed by atoms with Crippen molar-refractivity contribution in [1.29, 1.82) is 0 Å². The molecule has 0 saturated carbocycles. The standard InChI is InChI=1S/C16H16Cl2FNO/c1-20-15(8-10-3-6-14(19)13(18)7-10)12-5-4-11(17)9-16(12)21-2/h3-7,9,15,20H,8H2,1-2H3. The molecule has 1 unspecified atom stereocenters. The zero-order valence-corrected chi connectivity index (χ0v) is 13.3. The van der Waals surface area contributed by atoms with Crippen molar-refractivity contribution in [2.75, 3.05) is 14.2 Å². The minimum atomic E-state index is -0.412. The van der Waals surface area contributed by atoms with E-state index in [1.165, 1.54) is 6.07 Å². The van der Waals surface area contributed by atoms with E-state index in [4.69, 9.17) is 27.9 Å². The Morgan fingerprint density at radius 1 is 1.19 bits per heavy atom. The van der Waals surface area contributed by atoms with Gasteiger partial charge in [0.1, 0.15) is 11.6 Å². The van der Waals surface area contributed by atoms with Crippen LogP contribution in [-0.2, 0) is 6.42 Å². The number of nitrogens with one attached hydrogen (secondary N) is 1. The van der Waals surface area contributed by atoms with E-state index >= 15 is 0 Å². The number of benzene rings is 2. The van der Waals surface area contributed by atoms with Crippen molar-refractivity contribution < 1.29 is 9.13 Å². The first kappa shape index (κ1) is 16.1. The summed E-state index contributed by atoms with van der Waals surface area (Å²) in [6.45, 7) is 0. The van der Waals surface area contributed by atoms with E-state index in [0.717, 1.165) is 16.9 Å². The van der Waals surface area contributed by atoms with Gasteiger partial charge in [-0.05, 0) is 43.3 Å². The highest BCUT2D eigenvalue weighted by Gasteiger charge is 2.16. The fourth-order valence-corrected chi connectivity index (χ4v) is 2.61. The number of hydrogen-bond acceptors (Lipinski definition) is 2. The second-order valence-electron chi connectivity index (χ2n) is 4.68. The molecule has 2 aromatic carbocycles. The van der Waals surface area contributed by atoms with Gasteiger partial charge in [0.05, 0.1) is 12.1 Å². The van der Waals surface area contributed by atoms with Gasteiger partial charge in [-0.3, -0.25) is 0 Å². The van der Waals surface area contributed by atoms with E-state index in [9.17, 15) is 4.39 Å². The highest BCUT2D eigenvalue weighted by molar-refractivity contribution is 6.31. The van der Waals surface area contributed by atoms with Crippen molar-refractivity contribution in [3.05, 3.63) is 63.4 Å². The molecule has 0 heterocycles. The molecule has 0 aromatic heterocycles. The monoisotopic (exact) mass is 327 g/mol. The molecule has 0 spiro atoms. The number of ether oxygens (including phenoxy) is 1. The van der Waals surface area contributed by atoms with E-state index in [-0.39, 0.29) is 11.1 Å². The molecule has 5 heteroatoms. The van der Waals surface area contributed by atoms with Crippen molar-refractivity contribution >= 4 is 23.2 Å². The van der Waals surface area contributed by atoms with Crippen LogP contribution in [0.1, 0.15) is 17.2 Å². The summed E-state index contributed by atoms with van der Waals surface area (Å²) in [6, 6.07) is 10.3. The van der Waals surface area contributed by atoms with Crippen molar-refractivity contribution in [1.82, 2.24) is 5.32 Å². The number of likely N-dealkylation sites (N-methyl/N-ethyl adjacent to an activating group) is 1. The number of hydrogen-bond donors (Lipinski definition) is 1. The minimum Gasteiger partial charge on any atom is -0.496 e. The zero-order valence-electron chi connectivity index (χ0n) is 11.8. The van der Waals surface area contributed by atoms with Crippen LogP contribution in [-0.4, -0.2) is 14.2 Å². The summed E-state index contributed by atoms with van der Waals surface area (Å²) >= 11 is 11.8. The molecule has 0 aliphatic carbocycles. The largest absolute Gasteiger partial charge is 0.496 e. The molecule has 2 rings (SSSR count). The van der Waals surface area contributed by atoms with Gasteiger partial charge in [0.25, 0.3) is 0 Å². The highest BCUT2D eigenvalue weighted by atomic mass is 35.5. The summed E-state index contributed by atoms with van der Waals surface area (Å²) in [7, 11) is 3.47. The fourth-order valence-electron chi connectivity index (χ4n) is 2.24. The minimum absolute atomic E-state index is 0.0127. The molecular formula is C16H16Cl2FNO. The van der Waals surface area contributed by atoms with Crippen molar-refractivity contribution in [3.63, 3.8) is 0 Å². The van der Waals surface area contributed by atoms with Gasteiger partial charge < -0.3 is 10.1 Å². The lowest BCUT2D eigenvalue weighted by molar-refractivity contribution is 0.401. The fraction of sp³-hybridized carbons (Fsp3) is 0.250. The first-order valence-electron chi connectivity index (χ1n) is 6.49. The van der Waals surface area contributed by atoms with Crippen LogP contribution < -0.4 is 10.1 Å². The zero-order chi connectivity index (χ0) is 15.4. The average molecular weight is 328 g/mol. The van der Waals surface area contributed by atoms with Crippen LogP contribution in [0.15, 0.2) is 36.4 Å². The molecule has 0 aliphatic heterocycles. The number of rotatable bonds is 5. The lowest BCUT2D eigenvalue weighted by Gasteiger charge is -2.20. The predicted octanol–water partition coefficient (Wildman–Crippen LogP) is 4.64. The molecule has 0 aliphatic rings. The average Bonchev–Trinajstić information content (AvgIpc) is 2.48. The van der Waals surface area contributed by atoms with Crippen LogP contribution in [0.25, 0.3) is 0 Å². The Morgan fingerprint density at radius 2 is 1.95 bits per heavy atom.